The highest BCUT2D eigenvalue weighted by atomic mass is 16.5. The van der Waals surface area contributed by atoms with Gasteiger partial charge in [0.05, 0.1) is 20.1 Å². The van der Waals surface area contributed by atoms with Crippen LogP contribution in [0.4, 0.5) is 0 Å². The number of methoxy groups -OCH3 is 2. The summed E-state index contributed by atoms with van der Waals surface area (Å²) in [5.41, 5.74) is 1.12. The fourth-order valence-electron chi connectivity index (χ4n) is 2.71. The number of carbonyl (C=O) groups excluding carboxylic acids is 1. The first-order chi connectivity index (χ1) is 10.2. The normalized spacial score (nSPS) is 21.1. The number of benzene rings is 1. The minimum absolute atomic E-state index is 0.0930. The zero-order valence-electron chi connectivity index (χ0n) is 12.9. The zero-order chi connectivity index (χ0) is 15.2. The van der Waals surface area contributed by atoms with Gasteiger partial charge in [-0.2, -0.15) is 0 Å². The molecule has 1 saturated heterocycles. The highest BCUT2D eigenvalue weighted by molar-refractivity contribution is 5.79. The van der Waals surface area contributed by atoms with Gasteiger partial charge in [0.2, 0.25) is 5.91 Å². The van der Waals surface area contributed by atoms with Crippen LogP contribution in [0.15, 0.2) is 18.2 Å². The number of nitrogens with one attached hydrogen (secondary N) is 2. The maximum absolute atomic E-state index is 12.1. The third-order valence-corrected chi connectivity index (χ3v) is 4.02. The Morgan fingerprint density at radius 2 is 2.10 bits per heavy atom. The molecule has 1 amide bonds. The van der Waals surface area contributed by atoms with E-state index in [0.29, 0.717) is 6.54 Å². The van der Waals surface area contributed by atoms with Crippen molar-refractivity contribution in [2.75, 3.05) is 27.3 Å². The fourth-order valence-corrected chi connectivity index (χ4v) is 2.71. The van der Waals surface area contributed by atoms with Gasteiger partial charge in [0.1, 0.15) is 0 Å². The van der Waals surface area contributed by atoms with Gasteiger partial charge in [-0.1, -0.05) is 6.07 Å². The van der Waals surface area contributed by atoms with Gasteiger partial charge >= 0.3 is 0 Å². The zero-order valence-corrected chi connectivity index (χ0v) is 12.9. The lowest BCUT2D eigenvalue weighted by Crippen LogP contribution is -2.37. The van der Waals surface area contributed by atoms with E-state index in [1.54, 1.807) is 14.2 Å². The molecule has 1 aromatic carbocycles. The molecule has 2 unspecified atom stereocenters. The van der Waals surface area contributed by atoms with E-state index in [1.807, 2.05) is 18.2 Å². The van der Waals surface area contributed by atoms with Crippen molar-refractivity contribution >= 4 is 5.91 Å². The second-order valence-corrected chi connectivity index (χ2v) is 5.37. The van der Waals surface area contributed by atoms with Crippen molar-refractivity contribution in [3.05, 3.63) is 23.8 Å². The summed E-state index contributed by atoms with van der Waals surface area (Å²) in [5.74, 6) is 1.68. The van der Waals surface area contributed by atoms with Crippen LogP contribution in [0.2, 0.25) is 0 Å². The Morgan fingerprint density at radius 3 is 2.71 bits per heavy atom. The van der Waals surface area contributed by atoms with Crippen LogP contribution in [-0.2, 0) is 11.2 Å². The molecule has 0 radical (unpaired) electrons. The van der Waals surface area contributed by atoms with Crippen molar-refractivity contribution in [2.45, 2.75) is 25.8 Å². The molecule has 1 heterocycles. The Labute approximate surface area is 126 Å². The predicted molar refractivity (Wildman–Crippen MR) is 81.8 cm³/mol. The maximum Gasteiger partial charge on any atom is 0.224 e. The molecule has 1 fully saturated rings. The quantitative estimate of drug-likeness (QED) is 0.831. The number of carbonyl (C=O) groups is 1. The molecule has 1 aromatic rings. The van der Waals surface area contributed by atoms with Crippen molar-refractivity contribution in [3.63, 3.8) is 0 Å². The van der Waals surface area contributed by atoms with E-state index < -0.39 is 0 Å². The Bertz CT molecular complexity index is 490. The van der Waals surface area contributed by atoms with Crippen molar-refractivity contribution in [2.24, 2.45) is 5.92 Å². The van der Waals surface area contributed by atoms with E-state index in [2.05, 4.69) is 17.6 Å². The average Bonchev–Trinajstić information content (AvgIpc) is 2.93. The third kappa shape index (κ3) is 3.88. The largest absolute Gasteiger partial charge is 0.493 e. The fraction of sp³-hybridized carbons (Fsp3) is 0.562. The summed E-state index contributed by atoms with van der Waals surface area (Å²) in [5, 5.41) is 6.31. The number of rotatable bonds is 6. The van der Waals surface area contributed by atoms with Crippen molar-refractivity contribution in [3.8, 4) is 11.5 Å². The van der Waals surface area contributed by atoms with Gasteiger partial charge in [-0.25, -0.2) is 0 Å². The Hall–Kier alpha value is -1.75. The molecular weight excluding hydrogens is 268 g/mol. The highest BCUT2D eigenvalue weighted by Gasteiger charge is 2.28. The third-order valence-electron chi connectivity index (χ3n) is 4.02. The molecule has 0 saturated carbocycles. The van der Waals surface area contributed by atoms with Crippen molar-refractivity contribution < 1.29 is 14.3 Å². The summed E-state index contributed by atoms with van der Waals surface area (Å²) in [6.07, 6.45) is 1.70. The first-order valence-corrected chi connectivity index (χ1v) is 7.37. The van der Waals surface area contributed by atoms with Gasteiger partial charge in [-0.15, -0.1) is 0 Å². The van der Waals surface area contributed by atoms with Crippen molar-refractivity contribution in [1.29, 1.82) is 0 Å². The van der Waals surface area contributed by atoms with Gasteiger partial charge in [0, 0.05) is 12.6 Å². The minimum atomic E-state index is 0.0930. The predicted octanol–water partition coefficient (Wildman–Crippen LogP) is 1.36. The lowest BCUT2D eigenvalue weighted by atomic mass is 10.0. The Kier molecular flexibility index (Phi) is 5.44. The molecule has 0 aliphatic carbocycles. The second kappa shape index (κ2) is 7.31. The van der Waals surface area contributed by atoms with Crippen LogP contribution >= 0.6 is 0 Å². The first kappa shape index (κ1) is 15.6. The van der Waals surface area contributed by atoms with Crippen LogP contribution in [0.5, 0.6) is 11.5 Å². The molecule has 1 aliphatic heterocycles. The molecule has 21 heavy (non-hydrogen) atoms. The van der Waals surface area contributed by atoms with Crippen LogP contribution in [0.25, 0.3) is 0 Å². The summed E-state index contributed by atoms with van der Waals surface area (Å²) in [4.78, 5) is 12.1. The van der Waals surface area contributed by atoms with E-state index in [9.17, 15) is 4.79 Å². The van der Waals surface area contributed by atoms with E-state index in [1.165, 1.54) is 0 Å². The van der Waals surface area contributed by atoms with E-state index >= 15 is 0 Å². The van der Waals surface area contributed by atoms with Gasteiger partial charge in [0.15, 0.2) is 11.5 Å². The van der Waals surface area contributed by atoms with Crippen LogP contribution in [0.1, 0.15) is 18.9 Å². The second-order valence-electron chi connectivity index (χ2n) is 5.37. The molecule has 0 aromatic heterocycles. The van der Waals surface area contributed by atoms with Crippen LogP contribution in [0.3, 0.4) is 0 Å². The van der Waals surface area contributed by atoms with E-state index in [-0.39, 0.29) is 17.9 Å². The molecule has 2 N–H and O–H groups in total. The standard InChI is InChI=1S/C16H24N2O3/c1-11-13(7-9-17-11)16(19)18-8-6-12-4-5-14(20-2)15(10-12)21-3/h4-5,10-11,13,17H,6-9H2,1-3H3,(H,18,19). The van der Waals surface area contributed by atoms with Crippen LogP contribution in [-0.4, -0.2) is 39.3 Å². The van der Waals surface area contributed by atoms with Crippen LogP contribution < -0.4 is 20.1 Å². The lowest BCUT2D eigenvalue weighted by molar-refractivity contribution is -0.125. The molecule has 5 nitrogen and oxygen atoms in total. The summed E-state index contributed by atoms with van der Waals surface area (Å²) < 4.78 is 10.5. The van der Waals surface area contributed by atoms with Gasteiger partial charge in [0.25, 0.3) is 0 Å². The Morgan fingerprint density at radius 1 is 1.33 bits per heavy atom. The number of ether oxygens (including phenoxy) is 2. The van der Waals surface area contributed by atoms with E-state index in [0.717, 1.165) is 36.4 Å². The number of hydrogen-bond donors (Lipinski definition) is 2. The monoisotopic (exact) mass is 292 g/mol. The minimum Gasteiger partial charge on any atom is -0.493 e. The average molecular weight is 292 g/mol. The molecule has 2 atom stereocenters. The summed E-state index contributed by atoms with van der Waals surface area (Å²) >= 11 is 0. The number of amides is 1. The molecule has 1 aliphatic rings. The molecule has 2 rings (SSSR count). The summed E-state index contributed by atoms with van der Waals surface area (Å²) in [6.45, 7) is 3.62. The van der Waals surface area contributed by atoms with E-state index in [4.69, 9.17) is 9.47 Å². The maximum atomic E-state index is 12.1. The molecule has 0 bridgehead atoms. The molecular formula is C16H24N2O3. The molecule has 5 heteroatoms. The molecule has 116 valence electrons. The van der Waals surface area contributed by atoms with Gasteiger partial charge < -0.3 is 20.1 Å². The summed E-state index contributed by atoms with van der Waals surface area (Å²) in [7, 11) is 3.24. The Balaban J connectivity index is 1.84. The highest BCUT2D eigenvalue weighted by Crippen LogP contribution is 2.27. The van der Waals surface area contributed by atoms with Gasteiger partial charge in [-0.3, -0.25) is 4.79 Å². The SMILES string of the molecule is COc1ccc(CCNC(=O)C2CCNC2C)cc1OC. The van der Waals surface area contributed by atoms with Crippen molar-refractivity contribution in [1.82, 2.24) is 10.6 Å². The smallest absolute Gasteiger partial charge is 0.224 e. The van der Waals surface area contributed by atoms with Crippen LogP contribution in [0, 0.1) is 5.92 Å². The topological polar surface area (TPSA) is 59.6 Å². The number of hydrogen-bond acceptors (Lipinski definition) is 4. The summed E-state index contributed by atoms with van der Waals surface area (Å²) in [6, 6.07) is 6.10. The van der Waals surface area contributed by atoms with Gasteiger partial charge in [-0.05, 0) is 44.0 Å². The molecule has 0 spiro atoms. The first-order valence-electron chi connectivity index (χ1n) is 7.37. The lowest BCUT2D eigenvalue weighted by Gasteiger charge is -2.15.